The number of hydrogen-bond donors (Lipinski definition) is 2. The first-order valence-electron chi connectivity index (χ1n) is 6.70. The third-order valence-corrected chi connectivity index (χ3v) is 3.07. The lowest BCUT2D eigenvalue weighted by Gasteiger charge is -2.08. The van der Waals surface area contributed by atoms with Crippen LogP contribution < -0.4 is 5.73 Å². The van der Waals surface area contributed by atoms with Gasteiger partial charge in [-0.1, -0.05) is 50.5 Å². The molecule has 0 aliphatic carbocycles. The van der Waals surface area contributed by atoms with Gasteiger partial charge in [-0.05, 0) is 30.4 Å². The van der Waals surface area contributed by atoms with Crippen molar-refractivity contribution in [2.45, 2.75) is 51.5 Å². The minimum atomic E-state index is -0.134. The lowest BCUT2D eigenvalue weighted by molar-refractivity contribution is 0.265. The van der Waals surface area contributed by atoms with Gasteiger partial charge in [-0.3, -0.25) is 0 Å². The van der Waals surface area contributed by atoms with Crippen molar-refractivity contribution in [3.8, 4) is 0 Å². The third kappa shape index (κ3) is 7.00. The summed E-state index contributed by atoms with van der Waals surface area (Å²) in [7, 11) is 0. The second-order valence-corrected chi connectivity index (χ2v) is 4.77. The highest BCUT2D eigenvalue weighted by Crippen LogP contribution is 2.10. The molecule has 3 N–H and O–H groups in total. The zero-order chi connectivity index (χ0) is 12.5. The fourth-order valence-corrected chi connectivity index (χ4v) is 1.97. The molecule has 0 amide bonds. The molecule has 0 bridgehead atoms. The third-order valence-electron chi connectivity index (χ3n) is 3.07. The first kappa shape index (κ1) is 17.4. The van der Waals surface area contributed by atoms with Gasteiger partial charge in [0.2, 0.25) is 0 Å². The number of nitrogens with two attached hydrogens (primary N) is 1. The summed E-state index contributed by atoms with van der Waals surface area (Å²) in [6, 6.07) is 8.50. The fourth-order valence-electron chi connectivity index (χ4n) is 1.97. The molecule has 0 aliphatic heterocycles. The van der Waals surface area contributed by atoms with E-state index in [1.54, 1.807) is 0 Å². The van der Waals surface area contributed by atoms with E-state index >= 15 is 0 Å². The van der Waals surface area contributed by atoms with Gasteiger partial charge in [-0.25, -0.2) is 0 Å². The average Bonchev–Trinajstić information content (AvgIpc) is 2.36. The van der Waals surface area contributed by atoms with E-state index in [0.717, 1.165) is 6.42 Å². The summed E-state index contributed by atoms with van der Waals surface area (Å²) in [4.78, 5) is 0. The zero-order valence-corrected chi connectivity index (χ0v) is 12.1. The maximum atomic E-state index is 8.89. The van der Waals surface area contributed by atoms with Crippen molar-refractivity contribution in [1.29, 1.82) is 0 Å². The summed E-state index contributed by atoms with van der Waals surface area (Å²) in [5.41, 5.74) is 8.32. The Morgan fingerprint density at radius 2 is 1.67 bits per heavy atom. The average molecular weight is 272 g/mol. The van der Waals surface area contributed by atoms with Crippen LogP contribution in [0.1, 0.15) is 43.7 Å². The molecule has 0 fully saturated rings. The topological polar surface area (TPSA) is 46.2 Å². The number of hydrogen-bond acceptors (Lipinski definition) is 2. The molecule has 18 heavy (non-hydrogen) atoms. The highest BCUT2D eigenvalue weighted by atomic mass is 35.5. The largest absolute Gasteiger partial charge is 0.395 e. The Morgan fingerprint density at radius 1 is 1.06 bits per heavy atom. The highest BCUT2D eigenvalue weighted by Gasteiger charge is 2.02. The first-order chi connectivity index (χ1) is 8.26. The predicted molar refractivity (Wildman–Crippen MR) is 80.3 cm³/mol. The molecule has 1 aromatic rings. The van der Waals surface area contributed by atoms with Crippen LogP contribution >= 0.6 is 12.4 Å². The summed E-state index contributed by atoms with van der Waals surface area (Å²) in [5.74, 6) is 0. The van der Waals surface area contributed by atoms with Crippen LogP contribution in [0.25, 0.3) is 0 Å². The van der Waals surface area contributed by atoms with E-state index in [4.69, 9.17) is 10.8 Å². The van der Waals surface area contributed by atoms with Gasteiger partial charge in [0, 0.05) is 6.04 Å². The molecule has 3 heteroatoms. The number of halogens is 1. The molecule has 1 atom stereocenters. The molecule has 1 rings (SSSR count). The van der Waals surface area contributed by atoms with Crippen molar-refractivity contribution in [1.82, 2.24) is 0 Å². The van der Waals surface area contributed by atoms with Crippen molar-refractivity contribution in [3.05, 3.63) is 35.4 Å². The van der Waals surface area contributed by atoms with Crippen LogP contribution in [0.3, 0.4) is 0 Å². The summed E-state index contributed by atoms with van der Waals surface area (Å²) < 4.78 is 0. The van der Waals surface area contributed by atoms with Crippen LogP contribution in [-0.4, -0.2) is 17.8 Å². The van der Waals surface area contributed by atoms with E-state index in [9.17, 15) is 0 Å². The van der Waals surface area contributed by atoms with Gasteiger partial charge < -0.3 is 10.8 Å². The van der Waals surface area contributed by atoms with Crippen LogP contribution in [0.2, 0.25) is 0 Å². The Bertz CT molecular complexity index is 300. The molecule has 0 aromatic heterocycles. The molecule has 0 aliphatic rings. The number of unbranched alkanes of at least 4 members (excludes halogenated alkanes) is 3. The molecule has 0 radical (unpaired) electrons. The van der Waals surface area contributed by atoms with Crippen LogP contribution in [0, 0.1) is 0 Å². The Labute approximate surface area is 117 Å². The van der Waals surface area contributed by atoms with E-state index in [0.29, 0.717) is 0 Å². The van der Waals surface area contributed by atoms with Crippen molar-refractivity contribution in [2.24, 2.45) is 5.73 Å². The van der Waals surface area contributed by atoms with Crippen LogP contribution in [-0.2, 0) is 12.8 Å². The second-order valence-electron chi connectivity index (χ2n) is 4.77. The summed E-state index contributed by atoms with van der Waals surface area (Å²) in [6.07, 6.45) is 7.16. The monoisotopic (exact) mass is 271 g/mol. The fraction of sp³-hybridized carbons (Fsp3) is 0.600. The quantitative estimate of drug-likeness (QED) is 0.714. The number of benzene rings is 1. The number of aliphatic hydroxyl groups is 1. The smallest absolute Gasteiger partial charge is 0.0585 e. The zero-order valence-electron chi connectivity index (χ0n) is 11.3. The second kappa shape index (κ2) is 10.4. The van der Waals surface area contributed by atoms with E-state index in [2.05, 4.69) is 31.2 Å². The Morgan fingerprint density at radius 3 is 2.22 bits per heavy atom. The van der Waals surface area contributed by atoms with Gasteiger partial charge >= 0.3 is 0 Å². The van der Waals surface area contributed by atoms with Gasteiger partial charge in [0.05, 0.1) is 6.61 Å². The molecule has 1 unspecified atom stereocenters. The van der Waals surface area contributed by atoms with Gasteiger partial charge in [0.1, 0.15) is 0 Å². The summed E-state index contributed by atoms with van der Waals surface area (Å²) in [6.45, 7) is 2.29. The molecule has 104 valence electrons. The van der Waals surface area contributed by atoms with Crippen molar-refractivity contribution >= 4 is 12.4 Å². The Hall–Kier alpha value is -0.570. The van der Waals surface area contributed by atoms with E-state index in [-0.39, 0.29) is 25.1 Å². The molecular formula is C15H26ClNO. The van der Waals surface area contributed by atoms with Gasteiger partial charge in [0.25, 0.3) is 0 Å². The number of rotatable bonds is 8. The SMILES string of the molecule is CCCCCCc1ccc(CC(N)CO)cc1.Cl. The van der Waals surface area contributed by atoms with E-state index in [1.807, 2.05) is 0 Å². The molecule has 0 saturated carbocycles. The Kier molecular flexibility index (Phi) is 10.0. The maximum absolute atomic E-state index is 8.89. The van der Waals surface area contributed by atoms with Gasteiger partial charge in [0.15, 0.2) is 0 Å². The van der Waals surface area contributed by atoms with Crippen LogP contribution in [0.5, 0.6) is 0 Å². The van der Waals surface area contributed by atoms with E-state index in [1.165, 1.54) is 43.2 Å². The standard InChI is InChI=1S/C15H25NO.ClH/c1-2-3-4-5-6-13-7-9-14(10-8-13)11-15(16)12-17;/h7-10,15,17H,2-6,11-12,16H2,1H3;1H. The van der Waals surface area contributed by atoms with Crippen molar-refractivity contribution in [3.63, 3.8) is 0 Å². The lowest BCUT2D eigenvalue weighted by atomic mass is 10.0. The van der Waals surface area contributed by atoms with Crippen LogP contribution in [0.4, 0.5) is 0 Å². The van der Waals surface area contributed by atoms with Crippen molar-refractivity contribution < 1.29 is 5.11 Å². The molecule has 1 aromatic carbocycles. The lowest BCUT2D eigenvalue weighted by Crippen LogP contribution is -2.26. The molecule has 0 saturated heterocycles. The predicted octanol–water partition coefficient (Wildman–Crippen LogP) is 3.09. The van der Waals surface area contributed by atoms with Gasteiger partial charge in [-0.15, -0.1) is 12.4 Å². The maximum Gasteiger partial charge on any atom is 0.0585 e. The minimum absolute atomic E-state index is 0. The van der Waals surface area contributed by atoms with Gasteiger partial charge in [-0.2, -0.15) is 0 Å². The molecule has 2 nitrogen and oxygen atoms in total. The van der Waals surface area contributed by atoms with Crippen LogP contribution in [0.15, 0.2) is 24.3 Å². The first-order valence-corrected chi connectivity index (χ1v) is 6.70. The summed E-state index contributed by atoms with van der Waals surface area (Å²) in [5, 5.41) is 8.89. The number of aliphatic hydroxyl groups excluding tert-OH is 1. The molecule has 0 heterocycles. The normalized spacial score (nSPS) is 11.9. The molecular weight excluding hydrogens is 246 g/mol. The number of aryl methyl sites for hydroxylation is 1. The minimum Gasteiger partial charge on any atom is -0.395 e. The van der Waals surface area contributed by atoms with Crippen molar-refractivity contribution in [2.75, 3.05) is 6.61 Å². The van der Waals surface area contributed by atoms with E-state index < -0.39 is 0 Å². The molecule has 0 spiro atoms. The highest BCUT2D eigenvalue weighted by molar-refractivity contribution is 5.85. The summed E-state index contributed by atoms with van der Waals surface area (Å²) >= 11 is 0. The Balaban J connectivity index is 0.00000289.